The van der Waals surface area contributed by atoms with E-state index in [0.29, 0.717) is 11.8 Å². The number of ether oxygens (including phenoxy) is 1. The Bertz CT molecular complexity index is 53.2. The van der Waals surface area contributed by atoms with Gasteiger partial charge < -0.3 is 4.74 Å². The first-order chi connectivity index (χ1) is 3.68. The third-order valence-corrected chi connectivity index (χ3v) is 2.19. The maximum absolute atomic E-state index is 5.50. The largest absolute Gasteiger partial charge is 0.376 e. The molecule has 0 radical (unpaired) electrons. The molecule has 0 bridgehead atoms. The van der Waals surface area contributed by atoms with Crippen LogP contribution < -0.4 is 0 Å². The number of methoxy groups -OCH3 is 1. The third-order valence-electron chi connectivity index (χ3n) is 1.06. The van der Waals surface area contributed by atoms with Gasteiger partial charge >= 0.3 is 0 Å². The molecule has 8 heavy (non-hydrogen) atoms. The summed E-state index contributed by atoms with van der Waals surface area (Å²) in [5, 5.41) is 0. The van der Waals surface area contributed by atoms with E-state index < -0.39 is 0 Å². The fraction of sp³-hybridized carbons (Fsp3) is 1.00. The SMILES string of the molecule is COC(C)(CCl)CCl. The van der Waals surface area contributed by atoms with Crippen molar-refractivity contribution in [3.63, 3.8) is 0 Å². The third kappa shape index (κ3) is 2.21. The maximum atomic E-state index is 5.50. The first kappa shape index (κ1) is 8.54. The van der Waals surface area contributed by atoms with Gasteiger partial charge in [0.25, 0.3) is 0 Å². The van der Waals surface area contributed by atoms with Crippen LogP contribution in [-0.4, -0.2) is 24.5 Å². The minimum absolute atomic E-state index is 0.344. The normalized spacial score (nSPS) is 12.0. The van der Waals surface area contributed by atoms with E-state index in [4.69, 9.17) is 27.9 Å². The lowest BCUT2D eigenvalue weighted by atomic mass is 10.2. The van der Waals surface area contributed by atoms with Gasteiger partial charge in [0.2, 0.25) is 0 Å². The topological polar surface area (TPSA) is 9.23 Å². The second-order valence-electron chi connectivity index (χ2n) is 1.92. The van der Waals surface area contributed by atoms with Crippen LogP contribution in [0.1, 0.15) is 6.92 Å². The van der Waals surface area contributed by atoms with Crippen molar-refractivity contribution in [1.29, 1.82) is 0 Å². The molecular weight excluding hydrogens is 147 g/mol. The van der Waals surface area contributed by atoms with Gasteiger partial charge in [0.1, 0.15) is 0 Å². The number of alkyl halides is 2. The number of halogens is 2. The summed E-state index contributed by atoms with van der Waals surface area (Å²) >= 11 is 11.0. The highest BCUT2D eigenvalue weighted by Crippen LogP contribution is 2.12. The Hall–Kier alpha value is 0.540. The zero-order chi connectivity index (χ0) is 6.62. The Balaban J connectivity index is 3.58. The lowest BCUT2D eigenvalue weighted by Crippen LogP contribution is -2.31. The summed E-state index contributed by atoms with van der Waals surface area (Å²) in [7, 11) is 1.60. The van der Waals surface area contributed by atoms with Gasteiger partial charge in [-0.2, -0.15) is 0 Å². The van der Waals surface area contributed by atoms with Crippen molar-refractivity contribution < 1.29 is 4.74 Å². The first-order valence-corrected chi connectivity index (χ1v) is 3.42. The fourth-order valence-electron chi connectivity index (χ4n) is 0.145. The molecule has 0 unspecified atom stereocenters. The molecule has 0 N–H and O–H groups in total. The summed E-state index contributed by atoms with van der Waals surface area (Å²) in [6, 6.07) is 0. The molecule has 0 aliphatic heterocycles. The second kappa shape index (κ2) is 3.54. The molecule has 0 atom stereocenters. The summed E-state index contributed by atoms with van der Waals surface area (Å²) < 4.78 is 4.97. The highest BCUT2D eigenvalue weighted by Gasteiger charge is 2.19. The smallest absolute Gasteiger partial charge is 0.0919 e. The Morgan fingerprint density at radius 3 is 1.75 bits per heavy atom. The van der Waals surface area contributed by atoms with Crippen LogP contribution in [0, 0.1) is 0 Å². The molecule has 0 aliphatic rings. The highest BCUT2D eigenvalue weighted by atomic mass is 35.5. The molecule has 0 rings (SSSR count). The Kier molecular flexibility index (Phi) is 3.78. The van der Waals surface area contributed by atoms with Crippen molar-refractivity contribution in [1.82, 2.24) is 0 Å². The second-order valence-corrected chi connectivity index (χ2v) is 2.46. The van der Waals surface area contributed by atoms with E-state index in [-0.39, 0.29) is 5.60 Å². The highest BCUT2D eigenvalue weighted by molar-refractivity contribution is 6.21. The van der Waals surface area contributed by atoms with Gasteiger partial charge in [-0.3, -0.25) is 0 Å². The van der Waals surface area contributed by atoms with Crippen molar-refractivity contribution in [2.75, 3.05) is 18.9 Å². The zero-order valence-electron chi connectivity index (χ0n) is 5.08. The molecule has 3 heteroatoms. The van der Waals surface area contributed by atoms with Crippen LogP contribution in [0.5, 0.6) is 0 Å². The molecule has 0 aromatic rings. The summed E-state index contributed by atoms with van der Waals surface area (Å²) in [5.74, 6) is 0.875. The Morgan fingerprint density at radius 2 is 1.75 bits per heavy atom. The van der Waals surface area contributed by atoms with E-state index in [1.165, 1.54) is 0 Å². The molecule has 0 aromatic carbocycles. The quantitative estimate of drug-likeness (QED) is 0.568. The van der Waals surface area contributed by atoms with Crippen LogP contribution in [0.4, 0.5) is 0 Å². The summed E-state index contributed by atoms with van der Waals surface area (Å²) in [4.78, 5) is 0. The molecule has 0 spiro atoms. The molecule has 50 valence electrons. The van der Waals surface area contributed by atoms with Crippen LogP contribution >= 0.6 is 23.2 Å². The maximum Gasteiger partial charge on any atom is 0.0919 e. The fourth-order valence-corrected chi connectivity index (χ4v) is 0.649. The van der Waals surface area contributed by atoms with Gasteiger partial charge in [0, 0.05) is 7.11 Å². The number of hydrogen-bond acceptors (Lipinski definition) is 1. The van der Waals surface area contributed by atoms with Crippen LogP contribution in [-0.2, 0) is 4.74 Å². The monoisotopic (exact) mass is 156 g/mol. The molecule has 1 nitrogen and oxygen atoms in total. The minimum Gasteiger partial charge on any atom is -0.376 e. The van der Waals surface area contributed by atoms with E-state index in [9.17, 15) is 0 Å². The lowest BCUT2D eigenvalue weighted by Gasteiger charge is -2.21. The molecular formula is C5H10Cl2O. The Labute approximate surface area is 59.9 Å². The van der Waals surface area contributed by atoms with Gasteiger partial charge in [-0.15, -0.1) is 23.2 Å². The van der Waals surface area contributed by atoms with E-state index in [2.05, 4.69) is 0 Å². The lowest BCUT2D eigenvalue weighted by molar-refractivity contribution is 0.0459. The number of rotatable bonds is 3. The standard InChI is InChI=1S/C5H10Cl2O/c1-5(3-6,4-7)8-2/h3-4H2,1-2H3. The summed E-state index contributed by atoms with van der Waals surface area (Å²) in [5.41, 5.74) is -0.344. The molecule has 0 amide bonds. The molecule has 0 fully saturated rings. The molecule has 0 saturated heterocycles. The zero-order valence-corrected chi connectivity index (χ0v) is 6.59. The number of hydrogen-bond donors (Lipinski definition) is 0. The first-order valence-electron chi connectivity index (χ1n) is 2.35. The summed E-state index contributed by atoms with van der Waals surface area (Å²) in [6.07, 6.45) is 0. The van der Waals surface area contributed by atoms with Crippen LogP contribution in [0.2, 0.25) is 0 Å². The van der Waals surface area contributed by atoms with Crippen molar-refractivity contribution in [2.45, 2.75) is 12.5 Å². The summed E-state index contributed by atoms with van der Waals surface area (Å²) in [6.45, 7) is 1.87. The minimum atomic E-state index is -0.344. The van der Waals surface area contributed by atoms with Gasteiger partial charge in [-0.1, -0.05) is 0 Å². The van der Waals surface area contributed by atoms with Gasteiger partial charge in [0.15, 0.2) is 0 Å². The van der Waals surface area contributed by atoms with E-state index in [1.807, 2.05) is 6.92 Å². The van der Waals surface area contributed by atoms with E-state index >= 15 is 0 Å². The average Bonchev–Trinajstić information content (AvgIpc) is 1.87. The van der Waals surface area contributed by atoms with E-state index in [0.717, 1.165) is 0 Å². The van der Waals surface area contributed by atoms with Gasteiger partial charge in [-0.25, -0.2) is 0 Å². The van der Waals surface area contributed by atoms with Crippen molar-refractivity contribution >= 4 is 23.2 Å². The van der Waals surface area contributed by atoms with Crippen molar-refractivity contribution in [3.05, 3.63) is 0 Å². The molecule has 0 aliphatic carbocycles. The predicted molar refractivity (Wildman–Crippen MR) is 36.9 cm³/mol. The van der Waals surface area contributed by atoms with Gasteiger partial charge in [0.05, 0.1) is 17.4 Å². The van der Waals surface area contributed by atoms with E-state index in [1.54, 1.807) is 7.11 Å². The Morgan fingerprint density at radius 1 is 1.38 bits per heavy atom. The van der Waals surface area contributed by atoms with Gasteiger partial charge in [-0.05, 0) is 6.92 Å². The molecule has 0 saturated carbocycles. The average molecular weight is 157 g/mol. The molecule has 0 aromatic heterocycles. The molecule has 0 heterocycles. The van der Waals surface area contributed by atoms with Crippen molar-refractivity contribution in [2.24, 2.45) is 0 Å². The van der Waals surface area contributed by atoms with Crippen molar-refractivity contribution in [3.8, 4) is 0 Å². The van der Waals surface area contributed by atoms with Crippen LogP contribution in [0.3, 0.4) is 0 Å². The van der Waals surface area contributed by atoms with Crippen LogP contribution in [0.15, 0.2) is 0 Å². The van der Waals surface area contributed by atoms with Crippen LogP contribution in [0.25, 0.3) is 0 Å². The predicted octanol–water partition coefficient (Wildman–Crippen LogP) is 1.87.